The van der Waals surface area contributed by atoms with Crippen molar-refractivity contribution in [3.8, 4) is 0 Å². The summed E-state index contributed by atoms with van der Waals surface area (Å²) in [5.41, 5.74) is 3.76. The molecule has 0 radical (unpaired) electrons. The lowest BCUT2D eigenvalue weighted by molar-refractivity contribution is -0.136. The van der Waals surface area contributed by atoms with E-state index in [0.29, 0.717) is 18.1 Å². The van der Waals surface area contributed by atoms with E-state index in [1.54, 1.807) is 6.08 Å². The second kappa shape index (κ2) is 17.2. The van der Waals surface area contributed by atoms with Gasteiger partial charge in [0.15, 0.2) is 5.76 Å². The number of methoxy groups -OCH3 is 1. The number of allylic oxidation sites excluding steroid dienone is 1. The van der Waals surface area contributed by atoms with Crippen LogP contribution in [0.5, 0.6) is 0 Å². The highest BCUT2D eigenvalue weighted by molar-refractivity contribution is 6.04. The Labute approximate surface area is 269 Å². The van der Waals surface area contributed by atoms with Gasteiger partial charge in [-0.1, -0.05) is 68.0 Å². The SMILES string of the molecule is C/C=C(\OC)C(=O)N(c1ccc(C)cc1)C1CCN(CCCc2ccccc2N(CC(=O)O)C(=O)CCC2CCCCC2)CC1. The molecule has 4 rings (SSSR count). The number of nitrogens with zero attached hydrogens (tertiary/aromatic N) is 3. The first-order chi connectivity index (χ1) is 21.8. The number of hydrogen-bond donors (Lipinski definition) is 1. The van der Waals surface area contributed by atoms with E-state index in [0.717, 1.165) is 74.2 Å². The Morgan fingerprint density at radius 2 is 1.67 bits per heavy atom. The van der Waals surface area contributed by atoms with Gasteiger partial charge in [0.05, 0.1) is 7.11 Å². The Balaban J connectivity index is 1.35. The molecular weight excluding hydrogens is 566 g/mol. The van der Waals surface area contributed by atoms with Crippen LogP contribution in [0.1, 0.15) is 82.3 Å². The van der Waals surface area contributed by atoms with Crippen molar-refractivity contribution >= 4 is 29.2 Å². The molecule has 1 saturated carbocycles. The van der Waals surface area contributed by atoms with Crippen LogP contribution in [0.25, 0.3) is 0 Å². The predicted octanol–water partition coefficient (Wildman–Crippen LogP) is 6.75. The van der Waals surface area contributed by atoms with Crippen molar-refractivity contribution in [2.45, 2.75) is 90.5 Å². The zero-order valence-electron chi connectivity index (χ0n) is 27.4. The molecule has 2 aromatic carbocycles. The first-order valence-electron chi connectivity index (χ1n) is 16.7. The Morgan fingerprint density at radius 3 is 2.31 bits per heavy atom. The molecule has 2 aliphatic rings. The molecule has 45 heavy (non-hydrogen) atoms. The van der Waals surface area contributed by atoms with Gasteiger partial charge in [0.25, 0.3) is 5.91 Å². The Hall–Kier alpha value is -3.65. The molecule has 0 aromatic heterocycles. The summed E-state index contributed by atoms with van der Waals surface area (Å²) in [6.07, 6.45) is 12.4. The van der Waals surface area contributed by atoms with Gasteiger partial charge < -0.3 is 24.5 Å². The molecule has 244 valence electrons. The normalized spacial score (nSPS) is 16.7. The number of benzene rings is 2. The summed E-state index contributed by atoms with van der Waals surface area (Å²) in [7, 11) is 1.54. The molecule has 2 aromatic rings. The van der Waals surface area contributed by atoms with E-state index in [1.165, 1.54) is 44.1 Å². The van der Waals surface area contributed by atoms with Gasteiger partial charge in [0.2, 0.25) is 5.91 Å². The average Bonchev–Trinajstić information content (AvgIpc) is 3.05. The smallest absolute Gasteiger partial charge is 0.323 e. The largest absolute Gasteiger partial charge is 0.491 e. The Morgan fingerprint density at radius 1 is 0.978 bits per heavy atom. The van der Waals surface area contributed by atoms with Crippen molar-refractivity contribution in [3.05, 3.63) is 71.5 Å². The van der Waals surface area contributed by atoms with Crippen LogP contribution < -0.4 is 9.80 Å². The second-order valence-corrected chi connectivity index (χ2v) is 12.6. The molecule has 1 saturated heterocycles. The van der Waals surface area contributed by atoms with Crippen molar-refractivity contribution in [2.24, 2.45) is 5.92 Å². The fourth-order valence-electron chi connectivity index (χ4n) is 6.91. The van der Waals surface area contributed by atoms with E-state index >= 15 is 0 Å². The van der Waals surface area contributed by atoms with Crippen LogP contribution in [0.15, 0.2) is 60.4 Å². The summed E-state index contributed by atoms with van der Waals surface area (Å²) >= 11 is 0. The molecule has 0 atom stereocenters. The number of carbonyl (C=O) groups is 3. The summed E-state index contributed by atoms with van der Waals surface area (Å²) in [5.74, 6) is -0.288. The Kier molecular flexibility index (Phi) is 13.0. The molecule has 1 heterocycles. The minimum atomic E-state index is -0.996. The van der Waals surface area contributed by atoms with Gasteiger partial charge in [-0.05, 0) is 88.3 Å². The highest BCUT2D eigenvalue weighted by atomic mass is 16.5. The van der Waals surface area contributed by atoms with Crippen molar-refractivity contribution < 1.29 is 24.2 Å². The number of carboxylic acid groups (broad SMARTS) is 1. The number of amides is 2. The van der Waals surface area contributed by atoms with Gasteiger partial charge in [0, 0.05) is 36.9 Å². The third kappa shape index (κ3) is 9.67. The summed E-state index contributed by atoms with van der Waals surface area (Å²) in [6, 6.07) is 15.9. The van der Waals surface area contributed by atoms with Gasteiger partial charge in [-0.15, -0.1) is 0 Å². The molecule has 2 fully saturated rings. The van der Waals surface area contributed by atoms with Gasteiger partial charge in [0.1, 0.15) is 6.54 Å². The fourth-order valence-corrected chi connectivity index (χ4v) is 6.91. The molecular formula is C37H51N3O5. The summed E-state index contributed by atoms with van der Waals surface area (Å²) in [5, 5.41) is 9.65. The van der Waals surface area contributed by atoms with E-state index in [-0.39, 0.29) is 24.4 Å². The van der Waals surface area contributed by atoms with Gasteiger partial charge in [-0.3, -0.25) is 14.4 Å². The van der Waals surface area contributed by atoms with Gasteiger partial charge in [-0.2, -0.15) is 0 Å². The standard InChI is InChI=1S/C37H51N3O5/c1-4-34(45-3)37(44)40(31-19-16-28(2)17-20-31)32-22-25-38(26-23-32)24-10-14-30-13-8-9-15-33(30)39(27-36(42)43)35(41)21-18-29-11-6-5-7-12-29/h4,8-9,13,15-17,19-20,29,32H,5-7,10-12,14,18,21-27H2,1-3H3,(H,42,43)/b34-4-. The third-order valence-electron chi connectivity index (χ3n) is 9.43. The first kappa shape index (κ1) is 34.2. The van der Waals surface area contributed by atoms with Crippen LogP contribution in [0, 0.1) is 12.8 Å². The lowest BCUT2D eigenvalue weighted by Crippen LogP contribution is -2.48. The van der Waals surface area contributed by atoms with Crippen LogP contribution >= 0.6 is 0 Å². The maximum atomic E-state index is 13.5. The number of para-hydroxylation sites is 1. The van der Waals surface area contributed by atoms with Crippen molar-refractivity contribution in [3.63, 3.8) is 0 Å². The van der Waals surface area contributed by atoms with Crippen LogP contribution in [0.3, 0.4) is 0 Å². The minimum absolute atomic E-state index is 0.0754. The topological polar surface area (TPSA) is 90.4 Å². The number of likely N-dealkylation sites (tertiary alicyclic amines) is 1. The zero-order chi connectivity index (χ0) is 32.2. The number of carbonyl (C=O) groups excluding carboxylic acids is 2. The monoisotopic (exact) mass is 617 g/mol. The van der Waals surface area contributed by atoms with Gasteiger partial charge >= 0.3 is 5.97 Å². The molecule has 8 nitrogen and oxygen atoms in total. The first-order valence-corrected chi connectivity index (χ1v) is 16.7. The minimum Gasteiger partial charge on any atom is -0.491 e. The number of hydrogen-bond acceptors (Lipinski definition) is 5. The second-order valence-electron chi connectivity index (χ2n) is 12.6. The van der Waals surface area contributed by atoms with E-state index in [4.69, 9.17) is 4.74 Å². The maximum Gasteiger partial charge on any atom is 0.323 e. The van der Waals surface area contributed by atoms with Crippen LogP contribution in [0.2, 0.25) is 0 Å². The summed E-state index contributed by atoms with van der Waals surface area (Å²) in [6.45, 7) is 6.20. The number of anilines is 2. The maximum absolute atomic E-state index is 13.5. The third-order valence-corrected chi connectivity index (χ3v) is 9.43. The highest BCUT2D eigenvalue weighted by Gasteiger charge is 2.31. The number of rotatable bonds is 14. The summed E-state index contributed by atoms with van der Waals surface area (Å²) < 4.78 is 5.40. The van der Waals surface area contributed by atoms with Crippen LogP contribution in [-0.4, -0.2) is 67.1 Å². The van der Waals surface area contributed by atoms with Crippen molar-refractivity contribution in [1.29, 1.82) is 0 Å². The van der Waals surface area contributed by atoms with Crippen molar-refractivity contribution in [2.75, 3.05) is 43.1 Å². The number of aliphatic carboxylic acids is 1. The molecule has 1 N–H and O–H groups in total. The number of ether oxygens (including phenoxy) is 1. The molecule has 1 aliphatic heterocycles. The quantitative estimate of drug-likeness (QED) is 0.186. The van der Waals surface area contributed by atoms with E-state index in [1.807, 2.05) is 67.3 Å². The number of aryl methyl sites for hydroxylation is 2. The molecule has 8 heteroatoms. The highest BCUT2D eigenvalue weighted by Crippen LogP contribution is 2.30. The lowest BCUT2D eigenvalue weighted by atomic mass is 9.86. The number of piperidine rings is 1. The fraction of sp³-hybridized carbons (Fsp3) is 0.541. The van der Waals surface area contributed by atoms with Gasteiger partial charge in [-0.25, -0.2) is 0 Å². The van der Waals surface area contributed by atoms with Crippen molar-refractivity contribution in [1.82, 2.24) is 4.90 Å². The molecule has 1 aliphatic carbocycles. The van der Waals surface area contributed by atoms with Crippen LogP contribution in [-0.2, 0) is 25.5 Å². The zero-order valence-corrected chi connectivity index (χ0v) is 27.4. The van der Waals surface area contributed by atoms with E-state index in [9.17, 15) is 19.5 Å². The lowest BCUT2D eigenvalue weighted by Gasteiger charge is -2.38. The van der Waals surface area contributed by atoms with Crippen LogP contribution in [0.4, 0.5) is 11.4 Å². The predicted molar refractivity (Wildman–Crippen MR) is 179 cm³/mol. The van der Waals surface area contributed by atoms with E-state index in [2.05, 4.69) is 4.90 Å². The molecule has 0 spiro atoms. The summed E-state index contributed by atoms with van der Waals surface area (Å²) in [4.78, 5) is 44.4. The van der Waals surface area contributed by atoms with E-state index < -0.39 is 5.97 Å². The number of carboxylic acids is 1. The molecule has 2 amide bonds. The molecule has 0 bridgehead atoms. The molecule has 0 unspecified atom stereocenters. The Bertz CT molecular complexity index is 1290. The average molecular weight is 618 g/mol.